The summed E-state index contributed by atoms with van der Waals surface area (Å²) in [6.07, 6.45) is 7.83. The van der Waals surface area contributed by atoms with Crippen LogP contribution in [0, 0.1) is 0 Å². The smallest absolute Gasteiger partial charge is 0.0724 e. The minimum Gasteiger partial charge on any atom is -0.368 e. The summed E-state index contributed by atoms with van der Waals surface area (Å²) in [6.45, 7) is 0. The lowest BCUT2D eigenvalue weighted by Crippen LogP contribution is -1.88. The summed E-state index contributed by atoms with van der Waals surface area (Å²) < 4.78 is 0. The first-order valence-electron chi connectivity index (χ1n) is 4.92. The van der Waals surface area contributed by atoms with Crippen molar-refractivity contribution in [2.75, 3.05) is 0 Å². The van der Waals surface area contributed by atoms with Crippen LogP contribution < -0.4 is 5.32 Å². The third-order valence-corrected chi connectivity index (χ3v) is 2.48. The number of rotatable bonds is 0. The van der Waals surface area contributed by atoms with E-state index in [0.717, 1.165) is 16.8 Å². The number of benzene rings is 1. The fourth-order valence-corrected chi connectivity index (χ4v) is 1.73. The van der Waals surface area contributed by atoms with Crippen molar-refractivity contribution in [3.63, 3.8) is 0 Å². The van der Waals surface area contributed by atoms with Gasteiger partial charge < -0.3 is 5.32 Å². The zero-order chi connectivity index (χ0) is 10.1. The maximum absolute atomic E-state index is 4.60. The van der Waals surface area contributed by atoms with E-state index in [-0.39, 0.29) is 0 Å². The van der Waals surface area contributed by atoms with Crippen LogP contribution in [0.3, 0.4) is 0 Å². The number of para-hydroxylation sites is 1. The second-order valence-electron chi connectivity index (χ2n) is 3.49. The van der Waals surface area contributed by atoms with Gasteiger partial charge in [-0.3, -0.25) is 0 Å². The van der Waals surface area contributed by atoms with E-state index in [2.05, 4.69) is 22.4 Å². The molecule has 2 nitrogen and oxygen atoms in total. The number of hydrogen-bond acceptors (Lipinski definition) is 2. The summed E-state index contributed by atoms with van der Waals surface area (Å²) in [5, 5.41) is 4.22. The van der Waals surface area contributed by atoms with Gasteiger partial charge >= 0.3 is 0 Å². The SMILES string of the molecule is C1=Cc2cc3ccccc3nc2C=CN1. The molecular formula is C13H10N2. The van der Waals surface area contributed by atoms with Gasteiger partial charge in [0.25, 0.3) is 0 Å². The Bertz CT molecular complexity index is 517. The number of nitrogens with zero attached hydrogens (tertiary/aromatic N) is 1. The lowest BCUT2D eigenvalue weighted by atomic mass is 10.1. The van der Waals surface area contributed by atoms with Gasteiger partial charge in [-0.25, -0.2) is 4.98 Å². The highest BCUT2D eigenvalue weighted by Gasteiger charge is 2.02. The van der Waals surface area contributed by atoms with Crippen molar-refractivity contribution in [1.82, 2.24) is 10.3 Å². The fourth-order valence-electron chi connectivity index (χ4n) is 1.73. The molecule has 2 heteroatoms. The molecular weight excluding hydrogens is 184 g/mol. The van der Waals surface area contributed by atoms with Gasteiger partial charge in [0.15, 0.2) is 0 Å². The molecule has 0 fully saturated rings. The van der Waals surface area contributed by atoms with Crippen molar-refractivity contribution in [3.8, 4) is 0 Å². The standard InChI is InChI=1S/C13H10N2/c1-2-4-12-10(3-1)9-11-5-7-14-8-6-13(11)15-12/h1-9,14H. The van der Waals surface area contributed by atoms with E-state index in [1.807, 2.05) is 42.8 Å². The van der Waals surface area contributed by atoms with E-state index in [1.165, 1.54) is 5.39 Å². The molecule has 1 N–H and O–H groups in total. The third kappa shape index (κ3) is 1.40. The van der Waals surface area contributed by atoms with Crippen LogP contribution in [0.1, 0.15) is 11.3 Å². The van der Waals surface area contributed by atoms with E-state index < -0.39 is 0 Å². The first kappa shape index (κ1) is 8.24. The first-order chi connectivity index (χ1) is 7.43. The topological polar surface area (TPSA) is 24.9 Å². The van der Waals surface area contributed by atoms with E-state index in [9.17, 15) is 0 Å². The molecule has 0 amide bonds. The summed E-state index contributed by atoms with van der Waals surface area (Å²) in [4.78, 5) is 4.60. The molecule has 0 unspecified atom stereocenters. The fraction of sp³-hybridized carbons (Fsp3) is 0. The van der Waals surface area contributed by atoms with Gasteiger partial charge in [-0.15, -0.1) is 0 Å². The van der Waals surface area contributed by atoms with Crippen LogP contribution in [0.25, 0.3) is 23.1 Å². The highest BCUT2D eigenvalue weighted by molar-refractivity contribution is 5.83. The number of aromatic nitrogens is 1. The van der Waals surface area contributed by atoms with Crippen LogP contribution in [-0.2, 0) is 0 Å². The maximum Gasteiger partial charge on any atom is 0.0724 e. The van der Waals surface area contributed by atoms with Crippen molar-refractivity contribution in [3.05, 3.63) is 54.0 Å². The number of nitrogens with one attached hydrogen (secondary N) is 1. The Morgan fingerprint density at radius 3 is 2.87 bits per heavy atom. The molecule has 0 aliphatic carbocycles. The van der Waals surface area contributed by atoms with E-state index in [4.69, 9.17) is 0 Å². The zero-order valence-corrected chi connectivity index (χ0v) is 8.14. The summed E-state index contributed by atoms with van der Waals surface area (Å²) in [7, 11) is 0. The molecule has 1 aliphatic heterocycles. The van der Waals surface area contributed by atoms with Gasteiger partial charge in [0.2, 0.25) is 0 Å². The average Bonchev–Trinajstić information content (AvgIpc) is 2.50. The largest absolute Gasteiger partial charge is 0.368 e. The summed E-state index contributed by atoms with van der Waals surface area (Å²) in [5.41, 5.74) is 3.20. The Morgan fingerprint density at radius 1 is 1.00 bits per heavy atom. The van der Waals surface area contributed by atoms with Crippen molar-refractivity contribution >= 4 is 23.1 Å². The highest BCUT2D eigenvalue weighted by atomic mass is 14.8. The Kier molecular flexibility index (Phi) is 1.78. The van der Waals surface area contributed by atoms with Crippen LogP contribution in [-0.4, -0.2) is 4.98 Å². The molecule has 0 saturated heterocycles. The minimum atomic E-state index is 1.01. The van der Waals surface area contributed by atoms with Gasteiger partial charge in [-0.2, -0.15) is 0 Å². The van der Waals surface area contributed by atoms with E-state index >= 15 is 0 Å². The molecule has 0 radical (unpaired) electrons. The van der Waals surface area contributed by atoms with E-state index in [0.29, 0.717) is 0 Å². The lowest BCUT2D eigenvalue weighted by Gasteiger charge is -2.02. The van der Waals surface area contributed by atoms with Gasteiger partial charge in [0.05, 0.1) is 11.2 Å². The van der Waals surface area contributed by atoms with Crippen molar-refractivity contribution < 1.29 is 0 Å². The molecule has 2 heterocycles. The molecule has 0 bridgehead atoms. The molecule has 3 rings (SSSR count). The monoisotopic (exact) mass is 194 g/mol. The molecule has 0 atom stereocenters. The van der Waals surface area contributed by atoms with Gasteiger partial charge in [-0.05, 0) is 24.3 Å². The average molecular weight is 194 g/mol. The second kappa shape index (κ2) is 3.24. The van der Waals surface area contributed by atoms with Crippen molar-refractivity contribution in [1.29, 1.82) is 0 Å². The molecule has 1 aromatic carbocycles. The third-order valence-electron chi connectivity index (χ3n) is 2.48. The van der Waals surface area contributed by atoms with Crippen LogP contribution >= 0.6 is 0 Å². The minimum absolute atomic E-state index is 1.01. The maximum atomic E-state index is 4.60. The molecule has 0 saturated carbocycles. The number of hydrogen-bond donors (Lipinski definition) is 1. The summed E-state index contributed by atoms with van der Waals surface area (Å²) >= 11 is 0. The predicted molar refractivity (Wildman–Crippen MR) is 62.9 cm³/mol. The van der Waals surface area contributed by atoms with Crippen LogP contribution in [0.2, 0.25) is 0 Å². The Morgan fingerprint density at radius 2 is 1.87 bits per heavy atom. The molecule has 15 heavy (non-hydrogen) atoms. The lowest BCUT2D eigenvalue weighted by molar-refractivity contribution is 1.22. The molecule has 1 aromatic heterocycles. The Hall–Kier alpha value is -2.09. The van der Waals surface area contributed by atoms with Gasteiger partial charge in [0, 0.05) is 23.3 Å². The number of fused-ring (bicyclic) bond motifs is 2. The van der Waals surface area contributed by atoms with Crippen LogP contribution in [0.15, 0.2) is 42.7 Å². The Balaban J connectivity index is 2.35. The van der Waals surface area contributed by atoms with Crippen molar-refractivity contribution in [2.45, 2.75) is 0 Å². The summed E-state index contributed by atoms with van der Waals surface area (Å²) in [6, 6.07) is 10.3. The molecule has 1 aliphatic rings. The Labute approximate surface area is 88.0 Å². The van der Waals surface area contributed by atoms with Crippen LogP contribution in [0.4, 0.5) is 0 Å². The molecule has 2 aromatic rings. The van der Waals surface area contributed by atoms with E-state index in [1.54, 1.807) is 0 Å². The quantitative estimate of drug-likeness (QED) is 0.697. The predicted octanol–water partition coefficient (Wildman–Crippen LogP) is 2.78. The van der Waals surface area contributed by atoms with Gasteiger partial charge in [-0.1, -0.05) is 18.2 Å². The van der Waals surface area contributed by atoms with Crippen LogP contribution in [0.5, 0.6) is 0 Å². The van der Waals surface area contributed by atoms with Crippen molar-refractivity contribution in [2.24, 2.45) is 0 Å². The normalized spacial score (nSPS) is 13.3. The zero-order valence-electron chi connectivity index (χ0n) is 8.14. The van der Waals surface area contributed by atoms with Gasteiger partial charge in [0.1, 0.15) is 0 Å². The second-order valence-corrected chi connectivity index (χ2v) is 3.49. The number of pyridine rings is 1. The highest BCUT2D eigenvalue weighted by Crippen LogP contribution is 2.19. The summed E-state index contributed by atoms with van der Waals surface area (Å²) in [5.74, 6) is 0. The first-order valence-corrected chi connectivity index (χ1v) is 4.92. The molecule has 0 spiro atoms. The molecule has 72 valence electrons.